The molecule has 0 unspecified atom stereocenters. The molecule has 0 aliphatic carbocycles. The summed E-state index contributed by atoms with van der Waals surface area (Å²) < 4.78 is 49.8. The maximum atomic E-state index is 12.9. The number of alkyl halides is 3. The molecule has 0 radical (unpaired) electrons. The quantitative estimate of drug-likeness (QED) is 0.799. The first kappa shape index (κ1) is 12.8. The Morgan fingerprint density at radius 2 is 1.81 bits per heavy atom. The van der Waals surface area contributed by atoms with E-state index in [9.17, 15) is 17.6 Å². The van der Waals surface area contributed by atoms with Crippen molar-refractivity contribution in [3.05, 3.63) is 29.6 Å². The van der Waals surface area contributed by atoms with Crippen LogP contribution in [0.3, 0.4) is 0 Å². The Labute approximate surface area is 90.1 Å². The van der Waals surface area contributed by atoms with Gasteiger partial charge in [0.05, 0.1) is 0 Å². The predicted molar refractivity (Wildman–Crippen MR) is 51.7 cm³/mol. The number of aliphatic hydroxyl groups excluding tert-OH is 1. The van der Waals surface area contributed by atoms with E-state index in [1.807, 2.05) is 0 Å². The summed E-state index contributed by atoms with van der Waals surface area (Å²) in [7, 11) is 3.03. The minimum absolute atomic E-state index is 0.131. The maximum absolute atomic E-state index is 12.9. The number of aliphatic hydroxyl groups is 1. The van der Waals surface area contributed by atoms with E-state index in [2.05, 4.69) is 0 Å². The summed E-state index contributed by atoms with van der Waals surface area (Å²) in [6.07, 6.45) is -7.49. The van der Waals surface area contributed by atoms with E-state index in [0.717, 1.165) is 6.07 Å². The Hall–Kier alpha value is -1.30. The zero-order valence-corrected chi connectivity index (χ0v) is 8.72. The average molecular weight is 237 g/mol. The highest BCUT2D eigenvalue weighted by molar-refractivity contribution is 5.54. The van der Waals surface area contributed by atoms with Gasteiger partial charge in [0.2, 0.25) is 0 Å². The van der Waals surface area contributed by atoms with Crippen molar-refractivity contribution in [2.24, 2.45) is 0 Å². The Kier molecular flexibility index (Phi) is 3.42. The van der Waals surface area contributed by atoms with Gasteiger partial charge >= 0.3 is 6.18 Å². The lowest BCUT2D eigenvalue weighted by Gasteiger charge is -2.22. The average Bonchev–Trinajstić information content (AvgIpc) is 2.14. The van der Waals surface area contributed by atoms with Gasteiger partial charge in [0, 0.05) is 25.3 Å². The van der Waals surface area contributed by atoms with Crippen molar-refractivity contribution in [3.63, 3.8) is 0 Å². The van der Waals surface area contributed by atoms with E-state index < -0.39 is 23.7 Å². The third-order valence-electron chi connectivity index (χ3n) is 2.08. The molecule has 2 nitrogen and oxygen atoms in total. The summed E-state index contributed by atoms with van der Waals surface area (Å²) in [5.41, 5.74) is -0.358. The van der Waals surface area contributed by atoms with E-state index in [1.54, 1.807) is 0 Å². The number of benzene rings is 1. The monoisotopic (exact) mass is 237 g/mol. The topological polar surface area (TPSA) is 23.5 Å². The summed E-state index contributed by atoms with van der Waals surface area (Å²) in [6.45, 7) is 0. The first-order valence-corrected chi connectivity index (χ1v) is 4.45. The van der Waals surface area contributed by atoms with Gasteiger partial charge in [-0.3, -0.25) is 0 Å². The third-order valence-corrected chi connectivity index (χ3v) is 2.08. The lowest BCUT2D eigenvalue weighted by Crippen LogP contribution is -2.23. The molecular formula is C10H11F4NO. The molecule has 1 aromatic rings. The highest BCUT2D eigenvalue weighted by Crippen LogP contribution is 2.37. The van der Waals surface area contributed by atoms with Gasteiger partial charge in [-0.05, 0) is 18.2 Å². The fraction of sp³-hybridized carbons (Fsp3) is 0.400. The Bertz CT molecular complexity index is 376. The number of nitrogens with zero attached hydrogens (tertiary/aromatic N) is 1. The molecule has 1 atom stereocenters. The minimum Gasteiger partial charge on any atom is -0.379 e. The second kappa shape index (κ2) is 4.29. The summed E-state index contributed by atoms with van der Waals surface area (Å²) >= 11 is 0. The Balaban J connectivity index is 3.25. The summed E-state index contributed by atoms with van der Waals surface area (Å²) in [5, 5.41) is 9.09. The van der Waals surface area contributed by atoms with Crippen molar-refractivity contribution in [1.29, 1.82) is 0 Å². The van der Waals surface area contributed by atoms with Gasteiger partial charge in [0.25, 0.3) is 0 Å². The molecular weight excluding hydrogens is 226 g/mol. The van der Waals surface area contributed by atoms with Crippen molar-refractivity contribution in [2.45, 2.75) is 12.3 Å². The second-order valence-electron chi connectivity index (χ2n) is 3.54. The highest BCUT2D eigenvalue weighted by Gasteiger charge is 2.40. The molecule has 16 heavy (non-hydrogen) atoms. The SMILES string of the molecule is CN(C)c1ccc(F)cc1[C@H](O)C(F)(F)F. The molecule has 0 amide bonds. The molecule has 0 spiro atoms. The van der Waals surface area contributed by atoms with Gasteiger partial charge in [0.15, 0.2) is 6.10 Å². The summed E-state index contributed by atoms with van der Waals surface area (Å²) in [6, 6.07) is 2.93. The second-order valence-corrected chi connectivity index (χ2v) is 3.54. The van der Waals surface area contributed by atoms with E-state index in [4.69, 9.17) is 5.11 Å². The van der Waals surface area contributed by atoms with Gasteiger partial charge in [0.1, 0.15) is 5.82 Å². The van der Waals surface area contributed by atoms with Crippen LogP contribution in [-0.4, -0.2) is 25.4 Å². The van der Waals surface area contributed by atoms with Crippen LogP contribution in [0.5, 0.6) is 0 Å². The van der Waals surface area contributed by atoms with Crippen LogP contribution < -0.4 is 4.90 Å². The first-order chi connectivity index (χ1) is 7.23. The lowest BCUT2D eigenvalue weighted by atomic mass is 10.1. The van der Waals surface area contributed by atoms with E-state index >= 15 is 0 Å². The number of rotatable bonds is 2. The number of hydrogen-bond donors (Lipinski definition) is 1. The van der Waals surface area contributed by atoms with E-state index in [0.29, 0.717) is 6.07 Å². The highest BCUT2D eigenvalue weighted by atomic mass is 19.4. The summed E-state index contributed by atoms with van der Waals surface area (Å²) in [4.78, 5) is 1.38. The van der Waals surface area contributed by atoms with Crippen LogP contribution in [0.4, 0.5) is 23.2 Å². The minimum atomic E-state index is -4.81. The smallest absolute Gasteiger partial charge is 0.379 e. The van der Waals surface area contributed by atoms with Crippen molar-refractivity contribution < 1.29 is 22.7 Å². The van der Waals surface area contributed by atoms with Crippen LogP contribution in [-0.2, 0) is 0 Å². The maximum Gasteiger partial charge on any atom is 0.418 e. The van der Waals surface area contributed by atoms with Gasteiger partial charge in [-0.1, -0.05) is 0 Å². The molecule has 90 valence electrons. The fourth-order valence-corrected chi connectivity index (χ4v) is 1.33. The van der Waals surface area contributed by atoms with Gasteiger partial charge in [-0.25, -0.2) is 4.39 Å². The first-order valence-electron chi connectivity index (χ1n) is 4.45. The van der Waals surface area contributed by atoms with Crippen molar-refractivity contribution in [3.8, 4) is 0 Å². The molecule has 1 rings (SSSR count). The lowest BCUT2D eigenvalue weighted by molar-refractivity contribution is -0.206. The standard InChI is InChI=1S/C10H11F4NO/c1-15(2)8-4-3-6(11)5-7(8)9(16)10(12,13)14/h3-5,9,16H,1-2H3/t9-/m0/s1. The molecule has 0 aliphatic heterocycles. The molecule has 0 aliphatic rings. The van der Waals surface area contributed by atoms with Crippen LogP contribution in [0.2, 0.25) is 0 Å². The Morgan fingerprint density at radius 3 is 2.25 bits per heavy atom. The fourth-order valence-electron chi connectivity index (χ4n) is 1.33. The Morgan fingerprint density at radius 1 is 1.25 bits per heavy atom. The molecule has 1 N–H and O–H groups in total. The van der Waals surface area contributed by atoms with E-state index in [-0.39, 0.29) is 5.69 Å². The number of halogens is 4. The van der Waals surface area contributed by atoms with Crippen molar-refractivity contribution in [2.75, 3.05) is 19.0 Å². The summed E-state index contributed by atoms with van der Waals surface area (Å²) in [5.74, 6) is -0.816. The molecule has 1 aromatic carbocycles. The van der Waals surface area contributed by atoms with Gasteiger partial charge < -0.3 is 10.0 Å². The van der Waals surface area contributed by atoms with Crippen LogP contribution >= 0.6 is 0 Å². The van der Waals surface area contributed by atoms with Crippen LogP contribution in [0.25, 0.3) is 0 Å². The molecule has 0 aromatic heterocycles. The molecule has 0 heterocycles. The molecule has 0 saturated heterocycles. The van der Waals surface area contributed by atoms with Gasteiger partial charge in [-0.2, -0.15) is 13.2 Å². The predicted octanol–water partition coefficient (Wildman–Crippen LogP) is 2.49. The molecule has 0 bridgehead atoms. The third kappa shape index (κ3) is 2.63. The number of hydrogen-bond acceptors (Lipinski definition) is 2. The van der Waals surface area contributed by atoms with Crippen molar-refractivity contribution in [1.82, 2.24) is 0 Å². The molecule has 6 heteroatoms. The van der Waals surface area contributed by atoms with Crippen LogP contribution in [0.15, 0.2) is 18.2 Å². The zero-order chi connectivity index (χ0) is 12.5. The molecule has 0 fully saturated rings. The van der Waals surface area contributed by atoms with E-state index in [1.165, 1.54) is 25.1 Å². The van der Waals surface area contributed by atoms with Crippen LogP contribution in [0.1, 0.15) is 11.7 Å². The largest absolute Gasteiger partial charge is 0.418 e. The van der Waals surface area contributed by atoms with Crippen molar-refractivity contribution >= 4 is 5.69 Å². The van der Waals surface area contributed by atoms with Crippen LogP contribution in [0, 0.1) is 5.82 Å². The number of anilines is 1. The zero-order valence-electron chi connectivity index (χ0n) is 8.72. The van der Waals surface area contributed by atoms with Gasteiger partial charge in [-0.15, -0.1) is 0 Å². The molecule has 0 saturated carbocycles. The normalized spacial score (nSPS) is 13.7.